The number of aliphatic hydroxyl groups is 2. The summed E-state index contributed by atoms with van der Waals surface area (Å²) < 4.78 is 5.52. The number of carbonyl (C=O) groups excluding carboxylic acids is 2. The van der Waals surface area contributed by atoms with E-state index in [1.807, 2.05) is 6.08 Å². The van der Waals surface area contributed by atoms with Gasteiger partial charge in [0, 0.05) is 12.8 Å². The molecule has 78 heavy (non-hydrogen) atoms. The van der Waals surface area contributed by atoms with Gasteiger partial charge in [-0.25, -0.2) is 0 Å². The summed E-state index contributed by atoms with van der Waals surface area (Å²) >= 11 is 0. The Balaban J connectivity index is 3.28. The molecule has 0 saturated heterocycles. The van der Waals surface area contributed by atoms with Crippen LogP contribution in [0, 0.1) is 0 Å². The van der Waals surface area contributed by atoms with Crippen LogP contribution >= 0.6 is 0 Å². The number of allylic oxidation sites excluding steroid dienone is 1. The van der Waals surface area contributed by atoms with Crippen molar-refractivity contribution in [2.75, 3.05) is 13.2 Å². The smallest absolute Gasteiger partial charge is 0.305 e. The lowest BCUT2D eigenvalue weighted by molar-refractivity contribution is -0.143. The summed E-state index contributed by atoms with van der Waals surface area (Å²) in [4.78, 5) is 24.5. The molecule has 0 saturated carbocycles. The van der Waals surface area contributed by atoms with Gasteiger partial charge in [0.25, 0.3) is 0 Å². The number of hydrogen-bond donors (Lipinski definition) is 3. The van der Waals surface area contributed by atoms with Crippen LogP contribution in [0.2, 0.25) is 0 Å². The van der Waals surface area contributed by atoms with Crippen LogP contribution in [0.5, 0.6) is 0 Å². The monoisotopic (exact) mass is 1100 g/mol. The first-order valence-electron chi connectivity index (χ1n) is 36.0. The summed E-state index contributed by atoms with van der Waals surface area (Å²) in [7, 11) is 0. The van der Waals surface area contributed by atoms with Gasteiger partial charge in [-0.15, -0.1) is 0 Å². The van der Waals surface area contributed by atoms with E-state index in [0.29, 0.717) is 19.4 Å². The number of esters is 1. The number of carbonyl (C=O) groups is 2. The van der Waals surface area contributed by atoms with Gasteiger partial charge in [-0.3, -0.25) is 9.59 Å². The molecule has 0 fully saturated rings. The third-order valence-corrected chi connectivity index (χ3v) is 17.1. The first-order chi connectivity index (χ1) is 38.5. The zero-order valence-electron chi connectivity index (χ0n) is 53.2. The largest absolute Gasteiger partial charge is 0.466 e. The molecule has 0 aromatic heterocycles. The highest BCUT2D eigenvalue weighted by Crippen LogP contribution is 2.19. The second kappa shape index (κ2) is 68.1. The van der Waals surface area contributed by atoms with Crippen LogP contribution in [-0.4, -0.2) is 47.4 Å². The molecule has 0 aromatic carbocycles. The minimum Gasteiger partial charge on any atom is -0.466 e. The van der Waals surface area contributed by atoms with E-state index in [1.165, 1.54) is 347 Å². The summed E-state index contributed by atoms with van der Waals surface area (Å²) in [6.45, 7) is 4.93. The Morgan fingerprint density at radius 3 is 0.872 bits per heavy atom. The third kappa shape index (κ3) is 63.8. The highest BCUT2D eigenvalue weighted by atomic mass is 16.5. The van der Waals surface area contributed by atoms with E-state index >= 15 is 0 Å². The maximum Gasteiger partial charge on any atom is 0.305 e. The lowest BCUT2D eigenvalue weighted by atomic mass is 10.0. The molecule has 0 heterocycles. The van der Waals surface area contributed by atoms with E-state index < -0.39 is 12.1 Å². The third-order valence-electron chi connectivity index (χ3n) is 17.1. The summed E-state index contributed by atoms with van der Waals surface area (Å²) in [5.74, 6) is -0.0363. The van der Waals surface area contributed by atoms with Crippen molar-refractivity contribution in [2.45, 2.75) is 424 Å². The van der Waals surface area contributed by atoms with E-state index in [4.69, 9.17) is 4.74 Å². The van der Waals surface area contributed by atoms with Crippen LogP contribution in [-0.2, 0) is 14.3 Å². The Hall–Kier alpha value is -1.40. The molecule has 0 spiro atoms. The fourth-order valence-corrected chi connectivity index (χ4v) is 11.6. The second-order valence-corrected chi connectivity index (χ2v) is 24.9. The molecular weight excluding hydrogens is 959 g/mol. The molecule has 0 radical (unpaired) electrons. The molecule has 2 unspecified atom stereocenters. The SMILES string of the molecule is CCCCCCCCCC/C=C/C(O)C(CO)NC(=O)CCCCCCCCCCCCCCCCCCCCCCCCCCCCCCCCCCCOC(=O)CCCCCCCCCCCCCCCCCCCC. The number of hydrogen-bond acceptors (Lipinski definition) is 5. The number of rotatable bonds is 68. The van der Waals surface area contributed by atoms with E-state index in [0.717, 1.165) is 38.5 Å². The number of amides is 1. The zero-order chi connectivity index (χ0) is 56.4. The first kappa shape index (κ1) is 76.6. The van der Waals surface area contributed by atoms with Crippen LogP contribution < -0.4 is 5.32 Å². The van der Waals surface area contributed by atoms with Gasteiger partial charge in [0.2, 0.25) is 5.91 Å². The first-order valence-corrected chi connectivity index (χ1v) is 36.0. The molecule has 0 aliphatic heterocycles. The highest BCUT2D eigenvalue weighted by Gasteiger charge is 2.18. The highest BCUT2D eigenvalue weighted by molar-refractivity contribution is 5.76. The van der Waals surface area contributed by atoms with Gasteiger partial charge in [0.15, 0.2) is 0 Å². The minimum absolute atomic E-state index is 0.0267. The van der Waals surface area contributed by atoms with Gasteiger partial charge in [0.05, 0.1) is 25.4 Å². The number of unbranched alkanes of at least 4 members (excludes halogenated alkanes) is 57. The minimum atomic E-state index is -0.838. The maximum absolute atomic E-state index is 12.4. The van der Waals surface area contributed by atoms with Gasteiger partial charge in [-0.05, 0) is 32.1 Å². The number of aliphatic hydroxyl groups excluding tert-OH is 2. The Morgan fingerprint density at radius 2 is 0.590 bits per heavy atom. The van der Waals surface area contributed by atoms with E-state index in [9.17, 15) is 19.8 Å². The van der Waals surface area contributed by atoms with E-state index in [-0.39, 0.29) is 18.5 Å². The summed E-state index contributed by atoms with van der Waals surface area (Å²) in [6, 6.07) is -0.621. The summed E-state index contributed by atoms with van der Waals surface area (Å²) in [5.41, 5.74) is 0. The predicted octanol–water partition coefficient (Wildman–Crippen LogP) is 23.1. The number of ether oxygens (including phenoxy) is 1. The van der Waals surface area contributed by atoms with Crippen molar-refractivity contribution in [3.05, 3.63) is 12.2 Å². The van der Waals surface area contributed by atoms with Crippen molar-refractivity contribution in [1.29, 1.82) is 0 Å². The van der Waals surface area contributed by atoms with Gasteiger partial charge >= 0.3 is 5.97 Å². The molecule has 464 valence electrons. The van der Waals surface area contributed by atoms with Crippen LogP contribution in [0.15, 0.2) is 12.2 Å². The van der Waals surface area contributed by atoms with E-state index in [2.05, 4.69) is 19.2 Å². The summed E-state index contributed by atoms with van der Waals surface area (Å²) in [6.07, 6.45) is 84.7. The Morgan fingerprint density at radius 1 is 0.346 bits per heavy atom. The Bertz CT molecular complexity index is 1180. The molecule has 0 aliphatic carbocycles. The lowest BCUT2D eigenvalue weighted by Gasteiger charge is -2.20. The molecule has 2 atom stereocenters. The normalized spacial score (nSPS) is 12.5. The average Bonchev–Trinajstić information content (AvgIpc) is 3.44. The van der Waals surface area contributed by atoms with Crippen LogP contribution in [0.4, 0.5) is 0 Å². The quantitative estimate of drug-likeness (QED) is 0.0320. The van der Waals surface area contributed by atoms with Crippen LogP contribution in [0.25, 0.3) is 0 Å². The van der Waals surface area contributed by atoms with Crippen molar-refractivity contribution in [2.24, 2.45) is 0 Å². The molecule has 3 N–H and O–H groups in total. The van der Waals surface area contributed by atoms with Crippen molar-refractivity contribution < 1.29 is 24.5 Å². The molecular formula is C72H141NO5. The van der Waals surface area contributed by atoms with Crippen molar-refractivity contribution in [1.82, 2.24) is 5.32 Å². The van der Waals surface area contributed by atoms with Crippen LogP contribution in [0.1, 0.15) is 412 Å². The molecule has 6 nitrogen and oxygen atoms in total. The van der Waals surface area contributed by atoms with Crippen molar-refractivity contribution in [3.63, 3.8) is 0 Å². The molecule has 1 amide bonds. The molecule has 6 heteroatoms. The Kier molecular flexibility index (Phi) is 66.9. The topological polar surface area (TPSA) is 95.9 Å². The second-order valence-electron chi connectivity index (χ2n) is 24.9. The van der Waals surface area contributed by atoms with Crippen molar-refractivity contribution >= 4 is 11.9 Å². The van der Waals surface area contributed by atoms with Crippen LogP contribution in [0.3, 0.4) is 0 Å². The fraction of sp³-hybridized carbons (Fsp3) is 0.944. The molecule has 0 aliphatic rings. The Labute approximate surface area is 489 Å². The fourth-order valence-electron chi connectivity index (χ4n) is 11.6. The average molecular weight is 1100 g/mol. The van der Waals surface area contributed by atoms with E-state index in [1.54, 1.807) is 6.08 Å². The molecule has 0 rings (SSSR count). The van der Waals surface area contributed by atoms with Gasteiger partial charge in [0.1, 0.15) is 0 Å². The van der Waals surface area contributed by atoms with Crippen molar-refractivity contribution in [3.8, 4) is 0 Å². The van der Waals surface area contributed by atoms with Gasteiger partial charge in [-0.2, -0.15) is 0 Å². The molecule has 0 aromatic rings. The summed E-state index contributed by atoms with van der Waals surface area (Å²) in [5, 5.41) is 23.0. The molecule has 0 bridgehead atoms. The number of nitrogens with one attached hydrogen (secondary N) is 1. The zero-order valence-corrected chi connectivity index (χ0v) is 53.2. The standard InChI is InChI=1S/C72H141NO5/c1-3-5-7-9-11-13-15-16-17-18-37-40-43-46-50-54-58-62-66-72(77)78-67-63-59-55-51-47-44-41-38-35-33-31-29-27-25-23-21-19-20-22-24-26-28-30-32-34-36-39-42-45-49-53-57-61-65-71(76)73-69(68-74)70(75)64-60-56-52-48-14-12-10-8-6-4-2/h60,64,69-70,74-75H,3-59,61-63,65-68H2,1-2H3,(H,73,76)/b64-60+. The van der Waals surface area contributed by atoms with Gasteiger partial charge < -0.3 is 20.3 Å². The lowest BCUT2D eigenvalue weighted by Crippen LogP contribution is -2.45. The maximum atomic E-state index is 12.4. The van der Waals surface area contributed by atoms with Gasteiger partial charge in [-0.1, -0.05) is 379 Å². The predicted molar refractivity (Wildman–Crippen MR) is 343 cm³/mol.